The summed E-state index contributed by atoms with van der Waals surface area (Å²) in [6.07, 6.45) is 0. The summed E-state index contributed by atoms with van der Waals surface area (Å²) in [4.78, 5) is 14.6. The second-order valence-electron chi connectivity index (χ2n) is 5.32. The lowest BCUT2D eigenvalue weighted by Gasteiger charge is -2.27. The average Bonchev–Trinajstić information content (AvgIpc) is 2.64. The van der Waals surface area contributed by atoms with Crippen LogP contribution in [0, 0.1) is 0 Å². The molecule has 0 atom stereocenters. The van der Waals surface area contributed by atoms with Gasteiger partial charge in [0.15, 0.2) is 0 Å². The van der Waals surface area contributed by atoms with Crippen LogP contribution in [0.4, 0.5) is 21.9 Å². The maximum atomic E-state index is 12.9. The van der Waals surface area contributed by atoms with Crippen molar-refractivity contribution in [3.8, 4) is 0 Å². The highest BCUT2D eigenvalue weighted by Gasteiger charge is 2.19. The van der Waals surface area contributed by atoms with Crippen LogP contribution in [0.5, 0.6) is 0 Å². The standard InChI is InChI=1S/C20H19N3O/c1-22(17-11-5-2-6-12-17)21-20(24)23(18-13-7-3-8-14-18)19-15-9-4-10-16-19/h2-16H,1H3,(H,21,24). The van der Waals surface area contributed by atoms with Gasteiger partial charge in [0.25, 0.3) is 0 Å². The molecule has 0 aliphatic heterocycles. The van der Waals surface area contributed by atoms with Gasteiger partial charge in [-0.1, -0.05) is 54.6 Å². The average molecular weight is 317 g/mol. The summed E-state index contributed by atoms with van der Waals surface area (Å²) in [7, 11) is 1.82. The Morgan fingerprint density at radius 1 is 0.667 bits per heavy atom. The fraction of sp³-hybridized carbons (Fsp3) is 0.0500. The molecule has 0 radical (unpaired) electrons. The highest BCUT2D eigenvalue weighted by Crippen LogP contribution is 2.25. The molecule has 3 aromatic carbocycles. The monoisotopic (exact) mass is 317 g/mol. The minimum atomic E-state index is -0.223. The number of carbonyl (C=O) groups excluding carboxylic acids is 1. The zero-order valence-electron chi connectivity index (χ0n) is 13.5. The van der Waals surface area contributed by atoms with E-state index in [4.69, 9.17) is 0 Å². The van der Waals surface area contributed by atoms with Crippen LogP contribution in [0.1, 0.15) is 0 Å². The minimum Gasteiger partial charge on any atom is -0.287 e. The lowest BCUT2D eigenvalue weighted by atomic mass is 10.2. The van der Waals surface area contributed by atoms with Crippen LogP contribution >= 0.6 is 0 Å². The van der Waals surface area contributed by atoms with Crippen molar-refractivity contribution in [3.05, 3.63) is 91.0 Å². The van der Waals surface area contributed by atoms with E-state index >= 15 is 0 Å². The molecule has 0 fully saturated rings. The first-order valence-corrected chi connectivity index (χ1v) is 7.75. The molecule has 24 heavy (non-hydrogen) atoms. The Balaban J connectivity index is 1.87. The second-order valence-corrected chi connectivity index (χ2v) is 5.32. The van der Waals surface area contributed by atoms with Gasteiger partial charge in [-0.3, -0.25) is 9.91 Å². The fourth-order valence-electron chi connectivity index (χ4n) is 2.45. The van der Waals surface area contributed by atoms with E-state index in [1.165, 1.54) is 0 Å². The molecule has 0 bridgehead atoms. The van der Waals surface area contributed by atoms with Gasteiger partial charge in [-0.25, -0.2) is 10.2 Å². The Bertz CT molecular complexity index is 736. The van der Waals surface area contributed by atoms with Crippen molar-refractivity contribution in [2.45, 2.75) is 0 Å². The molecule has 120 valence electrons. The van der Waals surface area contributed by atoms with Crippen LogP contribution in [-0.4, -0.2) is 13.1 Å². The highest BCUT2D eigenvalue weighted by atomic mass is 16.2. The first kappa shape index (κ1) is 15.6. The van der Waals surface area contributed by atoms with E-state index in [0.29, 0.717) is 0 Å². The highest BCUT2D eigenvalue weighted by molar-refractivity contribution is 5.99. The zero-order valence-corrected chi connectivity index (χ0v) is 13.5. The first-order valence-electron chi connectivity index (χ1n) is 7.75. The number of hydrazine groups is 1. The maximum absolute atomic E-state index is 12.9. The number of para-hydroxylation sites is 3. The molecule has 0 unspecified atom stereocenters. The number of nitrogens with one attached hydrogen (secondary N) is 1. The molecule has 0 aromatic heterocycles. The molecule has 2 amide bonds. The van der Waals surface area contributed by atoms with E-state index in [0.717, 1.165) is 17.1 Å². The lowest BCUT2D eigenvalue weighted by Crippen LogP contribution is -2.46. The summed E-state index contributed by atoms with van der Waals surface area (Å²) in [5.41, 5.74) is 5.44. The largest absolute Gasteiger partial charge is 0.345 e. The van der Waals surface area contributed by atoms with Crippen molar-refractivity contribution >= 4 is 23.1 Å². The molecule has 0 aliphatic carbocycles. The van der Waals surface area contributed by atoms with E-state index < -0.39 is 0 Å². The van der Waals surface area contributed by atoms with Gasteiger partial charge in [0, 0.05) is 7.05 Å². The number of hydrogen-bond donors (Lipinski definition) is 1. The molecule has 1 N–H and O–H groups in total. The van der Waals surface area contributed by atoms with Crippen LogP contribution in [0.25, 0.3) is 0 Å². The van der Waals surface area contributed by atoms with Gasteiger partial charge in [0.1, 0.15) is 0 Å². The number of carbonyl (C=O) groups is 1. The normalized spacial score (nSPS) is 10.0. The quantitative estimate of drug-likeness (QED) is 0.715. The zero-order chi connectivity index (χ0) is 16.8. The predicted molar refractivity (Wildman–Crippen MR) is 98.4 cm³/mol. The Hall–Kier alpha value is -3.27. The molecular formula is C20H19N3O. The molecule has 0 aliphatic rings. The summed E-state index contributed by atoms with van der Waals surface area (Å²) < 4.78 is 0. The summed E-state index contributed by atoms with van der Waals surface area (Å²) >= 11 is 0. The Labute approximate surface area is 141 Å². The third kappa shape index (κ3) is 3.55. The number of anilines is 3. The number of amides is 2. The molecule has 4 nitrogen and oxygen atoms in total. The summed E-state index contributed by atoms with van der Waals surface area (Å²) in [5, 5.41) is 1.71. The smallest absolute Gasteiger partial charge is 0.287 e. The first-order chi connectivity index (χ1) is 11.8. The van der Waals surface area contributed by atoms with E-state index in [2.05, 4.69) is 5.43 Å². The van der Waals surface area contributed by atoms with E-state index in [-0.39, 0.29) is 6.03 Å². The third-order valence-electron chi connectivity index (χ3n) is 3.64. The van der Waals surface area contributed by atoms with Crippen molar-refractivity contribution < 1.29 is 4.79 Å². The summed E-state index contributed by atoms with van der Waals surface area (Å²) in [6.45, 7) is 0. The van der Waals surface area contributed by atoms with E-state index in [1.54, 1.807) is 9.91 Å². The van der Waals surface area contributed by atoms with Gasteiger partial charge in [0.05, 0.1) is 17.1 Å². The van der Waals surface area contributed by atoms with Crippen LogP contribution < -0.4 is 15.3 Å². The SMILES string of the molecule is CN(NC(=O)N(c1ccccc1)c1ccccc1)c1ccccc1. The second kappa shape index (κ2) is 7.33. The molecule has 3 aromatic rings. The number of urea groups is 1. The van der Waals surface area contributed by atoms with Crippen LogP contribution in [-0.2, 0) is 0 Å². The van der Waals surface area contributed by atoms with Crippen molar-refractivity contribution in [3.63, 3.8) is 0 Å². The van der Waals surface area contributed by atoms with Crippen LogP contribution in [0.3, 0.4) is 0 Å². The molecule has 0 saturated heterocycles. The van der Waals surface area contributed by atoms with E-state index in [1.807, 2.05) is 98.0 Å². The number of hydrogen-bond acceptors (Lipinski definition) is 2. The molecule has 0 heterocycles. The van der Waals surface area contributed by atoms with Gasteiger partial charge < -0.3 is 0 Å². The van der Waals surface area contributed by atoms with Crippen LogP contribution in [0.15, 0.2) is 91.0 Å². The van der Waals surface area contributed by atoms with Gasteiger partial charge >= 0.3 is 6.03 Å². The van der Waals surface area contributed by atoms with Gasteiger partial charge in [-0.05, 0) is 36.4 Å². The Morgan fingerprint density at radius 2 is 1.04 bits per heavy atom. The molecule has 4 heteroatoms. The Kier molecular flexibility index (Phi) is 4.77. The maximum Gasteiger partial charge on any atom is 0.345 e. The van der Waals surface area contributed by atoms with Gasteiger partial charge in [-0.2, -0.15) is 0 Å². The lowest BCUT2D eigenvalue weighted by molar-refractivity contribution is 0.248. The summed E-state index contributed by atoms with van der Waals surface area (Å²) in [5.74, 6) is 0. The summed E-state index contributed by atoms with van der Waals surface area (Å²) in [6, 6.07) is 28.6. The van der Waals surface area contributed by atoms with Gasteiger partial charge in [0.2, 0.25) is 0 Å². The number of rotatable bonds is 4. The van der Waals surface area contributed by atoms with E-state index in [9.17, 15) is 4.79 Å². The van der Waals surface area contributed by atoms with Crippen molar-refractivity contribution in [1.29, 1.82) is 0 Å². The van der Waals surface area contributed by atoms with Crippen molar-refractivity contribution in [2.24, 2.45) is 0 Å². The molecule has 0 spiro atoms. The van der Waals surface area contributed by atoms with Crippen molar-refractivity contribution in [2.75, 3.05) is 17.0 Å². The molecule has 3 rings (SSSR count). The number of benzene rings is 3. The number of nitrogens with zero attached hydrogens (tertiary/aromatic N) is 2. The topological polar surface area (TPSA) is 35.6 Å². The van der Waals surface area contributed by atoms with Crippen molar-refractivity contribution in [1.82, 2.24) is 5.43 Å². The molecule has 0 saturated carbocycles. The minimum absolute atomic E-state index is 0.223. The Morgan fingerprint density at radius 3 is 1.46 bits per heavy atom. The van der Waals surface area contributed by atoms with Gasteiger partial charge in [-0.15, -0.1) is 0 Å². The molecular weight excluding hydrogens is 298 g/mol. The fourth-order valence-corrected chi connectivity index (χ4v) is 2.45. The predicted octanol–water partition coefficient (Wildman–Crippen LogP) is 4.59. The van der Waals surface area contributed by atoms with Crippen LogP contribution in [0.2, 0.25) is 0 Å². The third-order valence-corrected chi connectivity index (χ3v) is 3.64.